The van der Waals surface area contributed by atoms with Gasteiger partial charge >= 0.3 is 0 Å². The van der Waals surface area contributed by atoms with Gasteiger partial charge in [-0.3, -0.25) is 0 Å². The molecule has 0 radical (unpaired) electrons. The molecule has 20 heavy (non-hydrogen) atoms. The van der Waals surface area contributed by atoms with Crippen LogP contribution < -0.4 is 4.72 Å². The van der Waals surface area contributed by atoms with E-state index in [-0.39, 0.29) is 15.5 Å². The summed E-state index contributed by atoms with van der Waals surface area (Å²) in [6.07, 6.45) is 3.60. The first-order chi connectivity index (χ1) is 9.42. The number of rotatable bonds is 8. The van der Waals surface area contributed by atoms with E-state index in [1.54, 1.807) is 11.8 Å². The fourth-order valence-corrected chi connectivity index (χ4v) is 3.35. The maximum Gasteiger partial charge on any atom is 0.240 e. The van der Waals surface area contributed by atoms with Crippen LogP contribution in [-0.4, -0.2) is 32.1 Å². The third-order valence-corrected chi connectivity index (χ3v) is 5.19. The zero-order valence-corrected chi connectivity index (χ0v) is 13.4. The highest BCUT2D eigenvalue weighted by atomic mass is 35.5. The molecule has 114 valence electrons. The monoisotopic (exact) mass is 341 g/mol. The van der Waals surface area contributed by atoms with Crippen LogP contribution in [0.4, 0.5) is 4.39 Å². The molecule has 0 saturated heterocycles. The highest BCUT2D eigenvalue weighted by Crippen LogP contribution is 2.24. The Kier molecular flexibility index (Phi) is 7.25. The molecular formula is C12H17ClFNO3S2. The standard InChI is InChI=1S/C12H17ClFNO3S2/c1-19-5-3-2-4-15-20(17,18)10-6-9(8-16)12(13)11(14)7-10/h6-7,15-16H,2-5,8H2,1H3. The fourth-order valence-electron chi connectivity index (χ4n) is 1.55. The van der Waals surface area contributed by atoms with E-state index < -0.39 is 22.4 Å². The van der Waals surface area contributed by atoms with Crippen molar-refractivity contribution in [1.82, 2.24) is 4.72 Å². The van der Waals surface area contributed by atoms with E-state index in [0.29, 0.717) is 13.0 Å². The zero-order chi connectivity index (χ0) is 15.2. The first-order valence-corrected chi connectivity index (χ1v) is 9.25. The van der Waals surface area contributed by atoms with E-state index in [1.807, 2.05) is 6.26 Å². The van der Waals surface area contributed by atoms with Crippen molar-refractivity contribution >= 4 is 33.4 Å². The summed E-state index contributed by atoms with van der Waals surface area (Å²) in [7, 11) is -3.79. The number of hydrogen-bond acceptors (Lipinski definition) is 4. The summed E-state index contributed by atoms with van der Waals surface area (Å²) in [5.74, 6) is 0.104. The van der Waals surface area contributed by atoms with Crippen LogP contribution in [0, 0.1) is 5.82 Å². The molecular weight excluding hydrogens is 325 g/mol. The third-order valence-electron chi connectivity index (χ3n) is 2.63. The second-order valence-electron chi connectivity index (χ2n) is 4.13. The van der Waals surface area contributed by atoms with Gasteiger partial charge in [0.25, 0.3) is 0 Å². The summed E-state index contributed by atoms with van der Waals surface area (Å²) < 4.78 is 39.9. The lowest BCUT2D eigenvalue weighted by molar-refractivity contribution is 0.281. The number of benzene rings is 1. The molecule has 0 amide bonds. The number of hydrogen-bond donors (Lipinski definition) is 2. The van der Waals surface area contributed by atoms with Crippen LogP contribution >= 0.6 is 23.4 Å². The predicted molar refractivity (Wildman–Crippen MR) is 80.1 cm³/mol. The Balaban J connectivity index is 2.80. The maximum absolute atomic E-state index is 13.5. The molecule has 0 spiro atoms. The van der Waals surface area contributed by atoms with Crippen molar-refractivity contribution in [1.29, 1.82) is 0 Å². The zero-order valence-electron chi connectivity index (χ0n) is 11.0. The van der Waals surface area contributed by atoms with Gasteiger partial charge in [-0.25, -0.2) is 17.5 Å². The topological polar surface area (TPSA) is 66.4 Å². The molecule has 2 N–H and O–H groups in total. The van der Waals surface area contributed by atoms with Crippen LogP contribution in [0.3, 0.4) is 0 Å². The van der Waals surface area contributed by atoms with E-state index >= 15 is 0 Å². The van der Waals surface area contributed by atoms with E-state index in [2.05, 4.69) is 4.72 Å². The molecule has 0 heterocycles. The smallest absolute Gasteiger partial charge is 0.240 e. The van der Waals surface area contributed by atoms with Crippen molar-refractivity contribution in [3.8, 4) is 0 Å². The molecule has 0 aliphatic heterocycles. The Morgan fingerprint density at radius 2 is 2.10 bits per heavy atom. The highest BCUT2D eigenvalue weighted by molar-refractivity contribution is 7.98. The van der Waals surface area contributed by atoms with Crippen LogP contribution in [0.1, 0.15) is 18.4 Å². The minimum absolute atomic E-state index is 0.0504. The average molecular weight is 342 g/mol. The Morgan fingerprint density at radius 1 is 1.40 bits per heavy atom. The Labute approximate surface area is 127 Å². The van der Waals surface area contributed by atoms with Crippen molar-refractivity contribution in [2.75, 3.05) is 18.6 Å². The summed E-state index contributed by atoms with van der Waals surface area (Å²) in [4.78, 5) is -0.228. The lowest BCUT2D eigenvalue weighted by Gasteiger charge is -2.09. The van der Waals surface area contributed by atoms with Gasteiger partial charge in [0.05, 0.1) is 16.5 Å². The molecule has 4 nitrogen and oxygen atoms in total. The molecule has 0 saturated carbocycles. The number of aliphatic hydroxyl groups excluding tert-OH is 1. The molecule has 0 bridgehead atoms. The molecule has 0 aliphatic rings. The van der Waals surface area contributed by atoms with Gasteiger partial charge in [0.15, 0.2) is 0 Å². The normalized spacial score (nSPS) is 11.8. The molecule has 1 aromatic rings. The molecule has 0 aromatic heterocycles. The van der Waals surface area contributed by atoms with Crippen LogP contribution in [0.25, 0.3) is 0 Å². The molecule has 8 heteroatoms. The first kappa shape index (κ1) is 17.7. The molecule has 0 unspecified atom stereocenters. The van der Waals surface area contributed by atoms with E-state index in [4.69, 9.17) is 16.7 Å². The molecule has 0 aliphatic carbocycles. The highest BCUT2D eigenvalue weighted by Gasteiger charge is 2.18. The van der Waals surface area contributed by atoms with Gasteiger partial charge < -0.3 is 5.11 Å². The number of sulfonamides is 1. The van der Waals surface area contributed by atoms with Crippen molar-refractivity contribution in [2.24, 2.45) is 0 Å². The van der Waals surface area contributed by atoms with E-state index in [0.717, 1.165) is 18.2 Å². The summed E-state index contributed by atoms with van der Waals surface area (Å²) in [6.45, 7) is -0.228. The minimum Gasteiger partial charge on any atom is -0.392 e. The number of thioether (sulfide) groups is 1. The molecule has 1 rings (SSSR count). The Morgan fingerprint density at radius 3 is 2.70 bits per heavy atom. The van der Waals surface area contributed by atoms with Crippen LogP contribution in [0.5, 0.6) is 0 Å². The largest absolute Gasteiger partial charge is 0.392 e. The molecule has 0 atom stereocenters. The van der Waals surface area contributed by atoms with E-state index in [9.17, 15) is 12.8 Å². The Hall–Kier alpha value is -0.340. The van der Waals surface area contributed by atoms with Crippen molar-refractivity contribution in [2.45, 2.75) is 24.3 Å². The van der Waals surface area contributed by atoms with E-state index in [1.165, 1.54) is 6.07 Å². The molecule has 0 fully saturated rings. The third kappa shape index (κ3) is 4.89. The van der Waals surface area contributed by atoms with Crippen LogP contribution in [-0.2, 0) is 16.6 Å². The number of aliphatic hydroxyl groups is 1. The van der Waals surface area contributed by atoms with Gasteiger partial charge in [-0.05, 0) is 37.0 Å². The summed E-state index contributed by atoms with van der Waals surface area (Å²) in [6, 6.07) is 2.03. The maximum atomic E-state index is 13.5. The second kappa shape index (κ2) is 8.19. The molecule has 1 aromatic carbocycles. The summed E-state index contributed by atoms with van der Waals surface area (Å²) >= 11 is 7.32. The van der Waals surface area contributed by atoms with Gasteiger partial charge in [0.1, 0.15) is 5.82 Å². The summed E-state index contributed by atoms with van der Waals surface area (Å²) in [5.41, 5.74) is 0.0504. The van der Waals surface area contributed by atoms with Gasteiger partial charge in [0.2, 0.25) is 10.0 Å². The van der Waals surface area contributed by atoms with Crippen LogP contribution in [0.2, 0.25) is 5.02 Å². The lowest BCUT2D eigenvalue weighted by Crippen LogP contribution is -2.25. The average Bonchev–Trinajstić information content (AvgIpc) is 2.41. The lowest BCUT2D eigenvalue weighted by atomic mass is 10.2. The predicted octanol–water partition coefficient (Wildman–Crippen LogP) is 2.39. The van der Waals surface area contributed by atoms with Gasteiger partial charge in [-0.15, -0.1) is 0 Å². The first-order valence-electron chi connectivity index (χ1n) is 5.99. The number of unbranched alkanes of at least 4 members (excludes halogenated alkanes) is 1. The number of nitrogens with one attached hydrogen (secondary N) is 1. The quantitative estimate of drug-likeness (QED) is 0.712. The van der Waals surface area contributed by atoms with Crippen molar-refractivity contribution < 1.29 is 17.9 Å². The summed E-state index contributed by atoms with van der Waals surface area (Å²) in [5, 5.41) is 8.78. The fraction of sp³-hybridized carbons (Fsp3) is 0.500. The van der Waals surface area contributed by atoms with Gasteiger partial charge in [-0.1, -0.05) is 11.6 Å². The SMILES string of the molecule is CSCCCCNS(=O)(=O)c1cc(F)c(Cl)c(CO)c1. The van der Waals surface area contributed by atoms with Gasteiger partial charge in [-0.2, -0.15) is 11.8 Å². The van der Waals surface area contributed by atoms with Crippen molar-refractivity contribution in [3.05, 3.63) is 28.5 Å². The minimum atomic E-state index is -3.79. The van der Waals surface area contributed by atoms with Gasteiger partial charge in [0, 0.05) is 12.1 Å². The number of halogens is 2. The Bertz CT molecular complexity index is 552. The van der Waals surface area contributed by atoms with Crippen LogP contribution in [0.15, 0.2) is 17.0 Å². The second-order valence-corrected chi connectivity index (χ2v) is 7.26. The van der Waals surface area contributed by atoms with Crippen molar-refractivity contribution in [3.63, 3.8) is 0 Å².